The number of nitrogens with one attached hydrogen (secondary N) is 1. The molecule has 5 nitrogen and oxygen atoms in total. The normalized spacial score (nSPS) is 11.1. The van der Waals surface area contributed by atoms with Crippen molar-refractivity contribution in [1.82, 2.24) is 10.2 Å². The molecule has 0 rings (SSSR count). The predicted molar refractivity (Wildman–Crippen MR) is 122 cm³/mol. The van der Waals surface area contributed by atoms with Crippen LogP contribution in [0.1, 0.15) is 104 Å². The largest absolute Gasteiger partial charge is 0.395 e. The van der Waals surface area contributed by atoms with Gasteiger partial charge in [-0.2, -0.15) is 0 Å². The van der Waals surface area contributed by atoms with Crippen LogP contribution in [0.3, 0.4) is 0 Å². The minimum absolute atomic E-state index is 0.0510. The fraction of sp³-hybridized carbons (Fsp3) is 0.833. The van der Waals surface area contributed by atoms with E-state index in [2.05, 4.69) is 24.4 Å². The molecule has 0 unspecified atom stereocenters. The third-order valence-corrected chi connectivity index (χ3v) is 5.18. The van der Waals surface area contributed by atoms with E-state index in [1.54, 1.807) is 4.90 Å². The van der Waals surface area contributed by atoms with Gasteiger partial charge in [0, 0.05) is 33.0 Å². The fourth-order valence-corrected chi connectivity index (χ4v) is 3.32. The first-order valence-corrected chi connectivity index (χ1v) is 11.9. The Balaban J connectivity index is 3.40. The molecule has 0 saturated heterocycles. The average Bonchev–Trinajstić information content (AvgIpc) is 2.70. The van der Waals surface area contributed by atoms with Gasteiger partial charge in [0.05, 0.1) is 6.61 Å². The Morgan fingerprint density at radius 3 is 1.93 bits per heavy atom. The lowest BCUT2D eigenvalue weighted by molar-refractivity contribution is -0.130. The standard InChI is InChI=1S/C24H46N2O3/c1-3-4-5-6-7-8-9-10-11-12-13-14-15-16-17-18-24(29)25-19-20-26(21-22-27)23(2)28/h10-11,27H,3-9,12-22H2,1-2H3,(H,25,29)/b11-10-. The molecule has 0 atom stereocenters. The first kappa shape index (κ1) is 27.6. The summed E-state index contributed by atoms with van der Waals surface area (Å²) in [5.74, 6) is -0.0271. The van der Waals surface area contributed by atoms with Crippen LogP contribution < -0.4 is 5.32 Å². The van der Waals surface area contributed by atoms with Crippen LogP contribution in [0.15, 0.2) is 12.2 Å². The molecule has 170 valence electrons. The van der Waals surface area contributed by atoms with Crippen LogP contribution in [0.25, 0.3) is 0 Å². The maximum Gasteiger partial charge on any atom is 0.220 e. The molecule has 0 aromatic carbocycles. The Hall–Kier alpha value is -1.36. The smallest absolute Gasteiger partial charge is 0.220 e. The third kappa shape index (κ3) is 19.7. The van der Waals surface area contributed by atoms with Crippen molar-refractivity contribution in [2.45, 2.75) is 104 Å². The Kier molecular flexibility index (Phi) is 20.3. The molecular formula is C24H46N2O3. The van der Waals surface area contributed by atoms with Crippen LogP contribution in [0.4, 0.5) is 0 Å². The molecule has 0 heterocycles. The summed E-state index contributed by atoms with van der Waals surface area (Å²) in [5.41, 5.74) is 0. The minimum atomic E-state index is -0.0782. The number of carbonyl (C=O) groups excluding carboxylic acids is 2. The zero-order valence-electron chi connectivity index (χ0n) is 19.1. The molecule has 5 heteroatoms. The molecule has 0 saturated carbocycles. The van der Waals surface area contributed by atoms with E-state index in [-0.39, 0.29) is 18.4 Å². The molecule has 29 heavy (non-hydrogen) atoms. The van der Waals surface area contributed by atoms with Gasteiger partial charge in [0.2, 0.25) is 11.8 Å². The van der Waals surface area contributed by atoms with E-state index in [1.165, 1.54) is 77.6 Å². The van der Waals surface area contributed by atoms with Crippen molar-refractivity contribution in [2.24, 2.45) is 0 Å². The molecular weight excluding hydrogens is 364 g/mol. The molecule has 0 bridgehead atoms. The summed E-state index contributed by atoms with van der Waals surface area (Å²) in [7, 11) is 0. The number of hydrogen-bond acceptors (Lipinski definition) is 3. The Morgan fingerprint density at radius 1 is 0.828 bits per heavy atom. The zero-order valence-corrected chi connectivity index (χ0v) is 19.1. The van der Waals surface area contributed by atoms with Crippen molar-refractivity contribution in [3.05, 3.63) is 12.2 Å². The molecule has 0 spiro atoms. The van der Waals surface area contributed by atoms with Gasteiger partial charge in [-0.05, 0) is 32.1 Å². The maximum atomic E-state index is 11.8. The number of carbonyl (C=O) groups is 2. The van der Waals surface area contributed by atoms with E-state index in [0.717, 1.165) is 12.8 Å². The van der Waals surface area contributed by atoms with E-state index < -0.39 is 0 Å². The van der Waals surface area contributed by atoms with Gasteiger partial charge >= 0.3 is 0 Å². The van der Waals surface area contributed by atoms with Crippen LogP contribution in [0, 0.1) is 0 Å². The van der Waals surface area contributed by atoms with Crippen molar-refractivity contribution in [3.8, 4) is 0 Å². The highest BCUT2D eigenvalue weighted by Gasteiger charge is 2.08. The van der Waals surface area contributed by atoms with E-state index in [1.807, 2.05) is 0 Å². The van der Waals surface area contributed by atoms with Crippen LogP contribution in [-0.2, 0) is 9.59 Å². The lowest BCUT2D eigenvalue weighted by Gasteiger charge is -2.19. The summed E-state index contributed by atoms with van der Waals surface area (Å²) in [6, 6.07) is 0. The van der Waals surface area contributed by atoms with Gasteiger partial charge in [0.1, 0.15) is 0 Å². The molecule has 0 fully saturated rings. The lowest BCUT2D eigenvalue weighted by atomic mass is 10.1. The average molecular weight is 411 g/mol. The second-order valence-electron chi connectivity index (χ2n) is 7.91. The molecule has 0 radical (unpaired) electrons. The first-order valence-electron chi connectivity index (χ1n) is 11.9. The molecule has 2 N–H and O–H groups in total. The quantitative estimate of drug-likeness (QED) is 0.220. The van der Waals surface area contributed by atoms with Crippen molar-refractivity contribution < 1.29 is 14.7 Å². The highest BCUT2D eigenvalue weighted by atomic mass is 16.3. The van der Waals surface area contributed by atoms with Crippen molar-refractivity contribution >= 4 is 11.8 Å². The molecule has 0 aromatic heterocycles. The summed E-state index contributed by atoms with van der Waals surface area (Å²) in [4.78, 5) is 24.7. The number of hydrogen-bond donors (Lipinski definition) is 2. The summed E-state index contributed by atoms with van der Waals surface area (Å²) < 4.78 is 0. The number of unbranched alkanes of at least 4 members (excludes halogenated alkanes) is 11. The summed E-state index contributed by atoms with van der Waals surface area (Å²) in [6.07, 6.45) is 21.5. The Morgan fingerprint density at radius 2 is 1.38 bits per heavy atom. The zero-order chi connectivity index (χ0) is 21.6. The molecule has 0 aromatic rings. The van der Waals surface area contributed by atoms with Crippen molar-refractivity contribution in [3.63, 3.8) is 0 Å². The van der Waals surface area contributed by atoms with Gasteiger partial charge in [-0.25, -0.2) is 0 Å². The Bertz CT molecular complexity index is 424. The van der Waals surface area contributed by atoms with E-state index in [4.69, 9.17) is 5.11 Å². The lowest BCUT2D eigenvalue weighted by Crippen LogP contribution is -2.38. The Labute approximate surface area is 179 Å². The highest BCUT2D eigenvalue weighted by Crippen LogP contribution is 2.09. The molecule has 2 amide bonds. The van der Waals surface area contributed by atoms with E-state index in [0.29, 0.717) is 26.1 Å². The number of nitrogens with zero attached hydrogens (tertiary/aromatic N) is 1. The van der Waals surface area contributed by atoms with Crippen molar-refractivity contribution in [2.75, 3.05) is 26.2 Å². The topological polar surface area (TPSA) is 69.6 Å². The van der Waals surface area contributed by atoms with E-state index in [9.17, 15) is 9.59 Å². The number of amides is 2. The third-order valence-electron chi connectivity index (χ3n) is 5.18. The van der Waals surface area contributed by atoms with Crippen LogP contribution in [0.2, 0.25) is 0 Å². The van der Waals surface area contributed by atoms with Gasteiger partial charge in [-0.1, -0.05) is 70.4 Å². The summed E-state index contributed by atoms with van der Waals surface area (Å²) in [6.45, 7) is 4.90. The molecule has 0 aliphatic rings. The number of rotatable bonds is 20. The van der Waals surface area contributed by atoms with Gasteiger partial charge in [0.15, 0.2) is 0 Å². The highest BCUT2D eigenvalue weighted by molar-refractivity contribution is 5.76. The predicted octanol–water partition coefficient (Wildman–Crippen LogP) is 4.98. The van der Waals surface area contributed by atoms with Crippen LogP contribution in [0.5, 0.6) is 0 Å². The van der Waals surface area contributed by atoms with Crippen molar-refractivity contribution in [1.29, 1.82) is 0 Å². The van der Waals surface area contributed by atoms with Gasteiger partial charge in [0.25, 0.3) is 0 Å². The van der Waals surface area contributed by atoms with Gasteiger partial charge < -0.3 is 15.3 Å². The van der Waals surface area contributed by atoms with Gasteiger partial charge in [-0.3, -0.25) is 9.59 Å². The van der Waals surface area contributed by atoms with Crippen LogP contribution >= 0.6 is 0 Å². The minimum Gasteiger partial charge on any atom is -0.395 e. The van der Waals surface area contributed by atoms with E-state index >= 15 is 0 Å². The SMILES string of the molecule is CCCCCCCC/C=C\CCCCCCCC(=O)NCCN(CCO)C(C)=O. The number of aliphatic hydroxyl groups is 1. The summed E-state index contributed by atoms with van der Waals surface area (Å²) in [5, 5.41) is 11.8. The second kappa shape index (κ2) is 21.4. The first-order chi connectivity index (χ1) is 14.1. The second-order valence-corrected chi connectivity index (χ2v) is 7.91. The monoisotopic (exact) mass is 410 g/mol. The van der Waals surface area contributed by atoms with Gasteiger partial charge in [-0.15, -0.1) is 0 Å². The van der Waals surface area contributed by atoms with Crippen LogP contribution in [-0.4, -0.2) is 48.1 Å². The fourth-order valence-electron chi connectivity index (χ4n) is 3.32. The molecule has 0 aliphatic carbocycles. The molecule has 0 aliphatic heterocycles. The maximum absolute atomic E-state index is 11.8. The summed E-state index contributed by atoms with van der Waals surface area (Å²) >= 11 is 0. The number of allylic oxidation sites excluding steroid dienone is 2. The number of aliphatic hydroxyl groups excluding tert-OH is 1.